The van der Waals surface area contributed by atoms with Crippen molar-refractivity contribution in [1.82, 2.24) is 0 Å². The van der Waals surface area contributed by atoms with Crippen LogP contribution < -0.4 is 0 Å². The molecule has 2 N–H and O–H groups in total. The van der Waals surface area contributed by atoms with E-state index in [-0.39, 0.29) is 52.0 Å². The number of carbonyl (C=O) groups excluding carboxylic acids is 1. The van der Waals surface area contributed by atoms with Crippen LogP contribution in [-0.4, -0.2) is 49.9 Å². The molecule has 0 saturated heterocycles. The summed E-state index contributed by atoms with van der Waals surface area (Å²) in [7, 11) is -1.39. The molecule has 1 aromatic carbocycles. The average molecular weight is 647 g/mol. The maximum absolute atomic E-state index is 13.9. The number of rotatable bonds is 14. The number of hydrogen-bond acceptors (Lipinski definition) is 4. The van der Waals surface area contributed by atoms with Gasteiger partial charge in [0, 0.05) is 45.6 Å². The lowest BCUT2D eigenvalue weighted by Crippen LogP contribution is -2.48. The fraction of sp³-hybridized carbons (Fsp3) is 0.794. The number of aliphatic hydroxyl groups excluding tert-OH is 1. The van der Waals surface area contributed by atoms with Crippen LogP contribution in [0.25, 0.3) is 0 Å². The molecule has 44 heavy (non-hydrogen) atoms. The minimum Gasteiger partial charge on any atom is -0.508 e. The minimum atomic E-state index is -5.56. The molecule has 1 spiro atoms. The summed E-state index contributed by atoms with van der Waals surface area (Å²) in [5, 5.41) is 21.3. The molecule has 0 amide bonds. The molecular weight excluding hydrogens is 599 g/mol. The summed E-state index contributed by atoms with van der Waals surface area (Å²) >= 11 is 0. The van der Waals surface area contributed by atoms with Crippen molar-refractivity contribution in [3.05, 3.63) is 29.3 Å². The van der Waals surface area contributed by atoms with E-state index in [1.807, 2.05) is 6.07 Å². The molecule has 0 aliphatic heterocycles. The number of hydrogen-bond donors (Lipinski definition) is 2. The molecule has 0 bridgehead atoms. The van der Waals surface area contributed by atoms with E-state index in [4.69, 9.17) is 0 Å². The van der Waals surface area contributed by atoms with Crippen LogP contribution in [0.1, 0.15) is 125 Å². The molecule has 3 saturated carbocycles. The molecule has 10 heteroatoms. The first-order chi connectivity index (χ1) is 20.7. The normalized spacial score (nSPS) is 31.4. The van der Waals surface area contributed by atoms with Gasteiger partial charge >= 0.3 is 12.1 Å². The van der Waals surface area contributed by atoms with Crippen molar-refractivity contribution < 1.29 is 41.2 Å². The van der Waals surface area contributed by atoms with Gasteiger partial charge in [-0.25, -0.2) is 0 Å². The van der Waals surface area contributed by atoms with Crippen molar-refractivity contribution in [1.29, 1.82) is 0 Å². The Kier molecular flexibility index (Phi) is 9.93. The Hall–Kier alpha value is -1.55. The largest absolute Gasteiger partial charge is 0.508 e. The number of alkyl halides is 5. The van der Waals surface area contributed by atoms with E-state index in [0.717, 1.165) is 82.6 Å². The third kappa shape index (κ3) is 6.37. The molecule has 5 unspecified atom stereocenters. The van der Waals surface area contributed by atoms with Crippen LogP contribution in [0.4, 0.5) is 22.0 Å². The zero-order chi connectivity index (χ0) is 31.9. The van der Waals surface area contributed by atoms with Crippen LogP contribution in [0, 0.1) is 28.6 Å². The highest BCUT2D eigenvalue weighted by Crippen LogP contribution is 2.76. The van der Waals surface area contributed by atoms with Crippen molar-refractivity contribution in [2.24, 2.45) is 28.6 Å². The molecule has 4 nitrogen and oxygen atoms in total. The summed E-state index contributed by atoms with van der Waals surface area (Å²) < 4.78 is 74.7. The monoisotopic (exact) mass is 646 g/mol. The summed E-state index contributed by atoms with van der Waals surface area (Å²) in [5.41, 5.74) is 1.84. The lowest BCUT2D eigenvalue weighted by Gasteiger charge is -2.53. The van der Waals surface area contributed by atoms with Crippen LogP contribution in [0.5, 0.6) is 5.75 Å². The summed E-state index contributed by atoms with van der Waals surface area (Å²) in [6, 6.07) is 5.28. The van der Waals surface area contributed by atoms with Crippen molar-refractivity contribution in [3.63, 3.8) is 0 Å². The molecule has 4 aliphatic carbocycles. The van der Waals surface area contributed by atoms with Crippen LogP contribution in [0.2, 0.25) is 0 Å². The fourth-order valence-electron chi connectivity index (χ4n) is 9.37. The third-order valence-electron chi connectivity index (χ3n) is 11.9. The summed E-state index contributed by atoms with van der Waals surface area (Å²) in [5.74, 6) is -3.58. The maximum Gasteiger partial charge on any atom is 0.453 e. The fourth-order valence-corrected chi connectivity index (χ4v) is 10.6. The summed E-state index contributed by atoms with van der Waals surface area (Å²) in [6.07, 6.45) is 4.56. The van der Waals surface area contributed by atoms with E-state index < -0.39 is 35.7 Å². The van der Waals surface area contributed by atoms with Crippen molar-refractivity contribution in [2.45, 2.75) is 127 Å². The number of aromatic hydroxyl groups is 1. The zero-order valence-corrected chi connectivity index (χ0v) is 26.5. The number of ketones is 1. The third-order valence-corrected chi connectivity index (χ3v) is 13.4. The van der Waals surface area contributed by atoms with Crippen LogP contribution in [0.15, 0.2) is 18.2 Å². The number of fused-ring (bicyclic) bond motifs is 6. The Morgan fingerprint density at radius 2 is 1.57 bits per heavy atom. The van der Waals surface area contributed by atoms with E-state index in [9.17, 15) is 41.2 Å². The zero-order valence-electron chi connectivity index (χ0n) is 25.6. The number of aliphatic hydroxyl groups is 1. The van der Waals surface area contributed by atoms with Crippen LogP contribution in [0.3, 0.4) is 0 Å². The quantitative estimate of drug-likeness (QED) is 0.157. The number of unbranched alkanes of at least 4 members (excludes halogenated alkanes) is 6. The molecule has 1 aromatic rings. The first-order valence-electron chi connectivity index (χ1n) is 16.6. The molecule has 7 atom stereocenters. The Bertz CT molecular complexity index is 1210. The number of Topliss-reactive ketones (excluding diaryl/α,β-unsaturated/α-hetero) is 1. The van der Waals surface area contributed by atoms with E-state index in [2.05, 4.69) is 6.92 Å². The topological polar surface area (TPSA) is 74.6 Å². The van der Waals surface area contributed by atoms with Gasteiger partial charge in [0.15, 0.2) is 5.78 Å². The highest BCUT2D eigenvalue weighted by molar-refractivity contribution is 7.84. The summed E-state index contributed by atoms with van der Waals surface area (Å²) in [6.45, 7) is 2.37. The highest BCUT2D eigenvalue weighted by Gasteiger charge is 2.71. The van der Waals surface area contributed by atoms with Gasteiger partial charge in [0.05, 0.1) is 6.10 Å². The van der Waals surface area contributed by atoms with Gasteiger partial charge in [-0.2, -0.15) is 22.0 Å². The van der Waals surface area contributed by atoms with Crippen molar-refractivity contribution >= 4 is 16.6 Å². The number of carbonyl (C=O) groups is 1. The van der Waals surface area contributed by atoms with Gasteiger partial charge in [0.2, 0.25) is 0 Å². The molecule has 5 rings (SSSR count). The number of benzene rings is 1. The van der Waals surface area contributed by atoms with Crippen molar-refractivity contribution in [3.8, 4) is 5.75 Å². The molecule has 3 fully saturated rings. The molecule has 0 heterocycles. The summed E-state index contributed by atoms with van der Waals surface area (Å²) in [4.78, 5) is 13.9. The van der Waals surface area contributed by atoms with Gasteiger partial charge in [-0.05, 0) is 92.2 Å². The standard InChI is InChI=1S/C34H47F5O4S/c1-31-15-13-24-23-12-11-22(40)20-26(23)30(42)25(29(24)27(31)21-28(41)32(31)16-17-32)10-7-5-3-2-4-6-8-18-44(43)19-9-14-33(35,36)34(37,38)39/h11-12,20,24-25,27-29,40-41H,2-10,13-19,21H2,1H3/t24?,25?,27?,28-,29?,31+,44?/m1/s1. The Labute approximate surface area is 260 Å². The van der Waals surface area contributed by atoms with Gasteiger partial charge in [-0.15, -0.1) is 0 Å². The minimum absolute atomic E-state index is 0.0276. The Morgan fingerprint density at radius 1 is 0.932 bits per heavy atom. The van der Waals surface area contributed by atoms with Crippen LogP contribution >= 0.6 is 0 Å². The second-order valence-electron chi connectivity index (χ2n) is 14.3. The predicted molar refractivity (Wildman–Crippen MR) is 160 cm³/mol. The molecule has 0 radical (unpaired) electrons. The average Bonchev–Trinajstić information content (AvgIpc) is 3.74. The van der Waals surface area contributed by atoms with E-state index in [1.54, 1.807) is 12.1 Å². The van der Waals surface area contributed by atoms with Gasteiger partial charge in [-0.3, -0.25) is 9.00 Å². The highest BCUT2D eigenvalue weighted by atomic mass is 32.2. The number of phenolic OH excluding ortho intramolecular Hbond substituents is 1. The lowest BCUT2D eigenvalue weighted by atomic mass is 9.50. The first-order valence-corrected chi connectivity index (χ1v) is 18.1. The predicted octanol–water partition coefficient (Wildman–Crippen LogP) is 8.71. The number of phenols is 1. The second-order valence-corrected chi connectivity index (χ2v) is 16.0. The van der Waals surface area contributed by atoms with Gasteiger partial charge in [0.1, 0.15) is 5.75 Å². The Morgan fingerprint density at radius 3 is 2.23 bits per heavy atom. The second kappa shape index (κ2) is 12.9. The molecule has 4 aliphatic rings. The van der Waals surface area contributed by atoms with Gasteiger partial charge in [0.25, 0.3) is 0 Å². The maximum atomic E-state index is 13.9. The van der Waals surface area contributed by atoms with E-state index in [0.29, 0.717) is 23.7 Å². The Balaban J connectivity index is 1.07. The van der Waals surface area contributed by atoms with E-state index >= 15 is 0 Å². The number of halogens is 5. The lowest BCUT2D eigenvalue weighted by molar-refractivity contribution is -0.284. The smallest absolute Gasteiger partial charge is 0.453 e. The molecule has 248 valence electrons. The van der Waals surface area contributed by atoms with E-state index in [1.165, 1.54) is 0 Å². The molecular formula is C34H47F5O4S. The van der Waals surface area contributed by atoms with Crippen LogP contribution in [-0.2, 0) is 10.8 Å². The first kappa shape index (κ1) is 33.8. The van der Waals surface area contributed by atoms with Crippen molar-refractivity contribution in [2.75, 3.05) is 11.5 Å². The van der Waals surface area contributed by atoms with Gasteiger partial charge < -0.3 is 10.2 Å². The SMILES string of the molecule is C[C@]12CCC3c4ccc(O)cc4C(=O)C(CCCCCCCCCS(=O)CCCC(F)(F)C(F)(F)F)C3C1C[C@@H](O)C21CC1. The van der Waals surface area contributed by atoms with Gasteiger partial charge in [-0.1, -0.05) is 51.5 Å². The molecule has 0 aromatic heterocycles.